The van der Waals surface area contributed by atoms with Gasteiger partial charge in [-0.15, -0.1) is 0 Å². The molecule has 1 aliphatic rings. The zero-order chi connectivity index (χ0) is 12.5. The maximum Gasteiger partial charge on any atom is 0.144 e. The summed E-state index contributed by atoms with van der Waals surface area (Å²) in [6.45, 7) is 2.36. The van der Waals surface area contributed by atoms with Crippen LogP contribution in [0.3, 0.4) is 0 Å². The largest absolute Gasteiger partial charge is 0.307 e. The summed E-state index contributed by atoms with van der Waals surface area (Å²) in [7, 11) is 0. The lowest BCUT2D eigenvalue weighted by molar-refractivity contribution is 0.355. The topological polar surface area (TPSA) is 12.0 Å². The Kier molecular flexibility index (Phi) is 3.83. The Labute approximate surface area is 109 Å². The highest BCUT2D eigenvalue weighted by Crippen LogP contribution is 2.30. The molecule has 0 radical (unpaired) electrons. The van der Waals surface area contributed by atoms with Crippen molar-refractivity contribution in [1.82, 2.24) is 5.32 Å². The molecule has 1 nitrogen and oxygen atoms in total. The first-order chi connectivity index (χ1) is 8.02. The smallest absolute Gasteiger partial charge is 0.144 e. The molecule has 2 rings (SSSR count). The van der Waals surface area contributed by atoms with E-state index in [9.17, 15) is 8.78 Å². The SMILES string of the molecule is CC1(NCc2c(F)ccc(Br)c2F)CCCC1. The lowest BCUT2D eigenvalue weighted by Gasteiger charge is -2.25. The third-order valence-electron chi connectivity index (χ3n) is 3.54. The normalized spacial score (nSPS) is 18.6. The van der Waals surface area contributed by atoms with Crippen molar-refractivity contribution >= 4 is 15.9 Å². The van der Waals surface area contributed by atoms with Crippen LogP contribution in [0.5, 0.6) is 0 Å². The fourth-order valence-corrected chi connectivity index (χ4v) is 2.74. The van der Waals surface area contributed by atoms with Crippen LogP contribution in [0.4, 0.5) is 8.78 Å². The summed E-state index contributed by atoms with van der Waals surface area (Å²) < 4.78 is 27.6. The van der Waals surface area contributed by atoms with Gasteiger partial charge in [0.25, 0.3) is 0 Å². The van der Waals surface area contributed by atoms with Gasteiger partial charge in [-0.1, -0.05) is 12.8 Å². The van der Waals surface area contributed by atoms with Gasteiger partial charge in [0.2, 0.25) is 0 Å². The lowest BCUT2D eigenvalue weighted by Crippen LogP contribution is -2.39. The summed E-state index contributed by atoms with van der Waals surface area (Å²) >= 11 is 3.08. The van der Waals surface area contributed by atoms with Gasteiger partial charge < -0.3 is 5.32 Å². The highest BCUT2D eigenvalue weighted by Gasteiger charge is 2.28. The molecule has 0 heterocycles. The van der Waals surface area contributed by atoms with E-state index in [1.54, 1.807) is 0 Å². The minimum absolute atomic E-state index is 0.0290. The van der Waals surface area contributed by atoms with E-state index in [0.717, 1.165) is 12.8 Å². The van der Waals surface area contributed by atoms with E-state index < -0.39 is 11.6 Å². The van der Waals surface area contributed by atoms with Crippen molar-refractivity contribution < 1.29 is 8.78 Å². The molecule has 0 spiro atoms. The van der Waals surface area contributed by atoms with Gasteiger partial charge in [0.15, 0.2) is 0 Å². The summed E-state index contributed by atoms with van der Waals surface area (Å²) in [5.41, 5.74) is 0.147. The van der Waals surface area contributed by atoms with Crippen LogP contribution in [0.1, 0.15) is 38.2 Å². The molecule has 94 valence electrons. The number of benzene rings is 1. The average Bonchev–Trinajstić information content (AvgIpc) is 2.71. The van der Waals surface area contributed by atoms with Crippen molar-refractivity contribution in [1.29, 1.82) is 0 Å². The molecule has 0 atom stereocenters. The van der Waals surface area contributed by atoms with Crippen LogP contribution in [-0.4, -0.2) is 5.54 Å². The standard InChI is InChI=1S/C13H16BrF2N/c1-13(6-2-3-7-13)17-8-9-11(15)5-4-10(14)12(9)16/h4-5,17H,2-3,6-8H2,1H3. The van der Waals surface area contributed by atoms with Crippen LogP contribution < -0.4 is 5.32 Å². The number of hydrogen-bond donors (Lipinski definition) is 1. The van der Waals surface area contributed by atoms with E-state index in [1.807, 2.05) is 0 Å². The van der Waals surface area contributed by atoms with E-state index in [1.165, 1.54) is 25.0 Å². The van der Waals surface area contributed by atoms with Gasteiger partial charge >= 0.3 is 0 Å². The third kappa shape index (κ3) is 2.86. The zero-order valence-corrected chi connectivity index (χ0v) is 11.4. The maximum absolute atomic E-state index is 13.7. The van der Waals surface area contributed by atoms with Gasteiger partial charge in [0.05, 0.1) is 4.47 Å². The Bertz CT molecular complexity index is 414. The molecule has 0 amide bonds. The van der Waals surface area contributed by atoms with Gasteiger partial charge in [-0.2, -0.15) is 0 Å². The molecule has 1 aromatic rings. The molecule has 17 heavy (non-hydrogen) atoms. The molecule has 1 N–H and O–H groups in total. The summed E-state index contributed by atoms with van der Waals surface area (Å²) in [6, 6.07) is 2.69. The van der Waals surface area contributed by atoms with Crippen molar-refractivity contribution in [3.8, 4) is 0 Å². The Morgan fingerprint density at radius 2 is 1.94 bits per heavy atom. The van der Waals surface area contributed by atoms with Crippen LogP contribution in [-0.2, 0) is 6.54 Å². The predicted molar refractivity (Wildman–Crippen MR) is 67.8 cm³/mol. The summed E-state index contributed by atoms with van der Waals surface area (Å²) in [6.07, 6.45) is 4.52. The average molecular weight is 304 g/mol. The van der Waals surface area contributed by atoms with Crippen LogP contribution in [0.15, 0.2) is 16.6 Å². The summed E-state index contributed by atoms with van der Waals surface area (Å²) in [5, 5.41) is 3.28. The number of nitrogens with one attached hydrogen (secondary N) is 1. The summed E-state index contributed by atoms with van der Waals surface area (Å²) in [5.74, 6) is -0.987. The molecule has 4 heteroatoms. The van der Waals surface area contributed by atoms with Crippen molar-refractivity contribution in [3.05, 3.63) is 33.8 Å². The molecule has 0 aliphatic heterocycles. The van der Waals surface area contributed by atoms with Gasteiger partial charge in [0.1, 0.15) is 11.6 Å². The van der Waals surface area contributed by atoms with Crippen molar-refractivity contribution in [3.63, 3.8) is 0 Å². The second-order valence-corrected chi connectivity index (χ2v) is 5.80. The number of rotatable bonds is 3. The molecule has 0 aromatic heterocycles. The van der Waals surface area contributed by atoms with Crippen molar-refractivity contribution in [2.45, 2.75) is 44.7 Å². The Morgan fingerprint density at radius 1 is 1.29 bits per heavy atom. The monoisotopic (exact) mass is 303 g/mol. The molecule has 0 unspecified atom stereocenters. The van der Waals surface area contributed by atoms with Crippen LogP contribution in [0, 0.1) is 11.6 Å². The highest BCUT2D eigenvalue weighted by molar-refractivity contribution is 9.10. The molecule has 0 bridgehead atoms. The minimum Gasteiger partial charge on any atom is -0.307 e. The van der Waals surface area contributed by atoms with Crippen LogP contribution in [0.2, 0.25) is 0 Å². The van der Waals surface area contributed by atoms with E-state index in [-0.39, 0.29) is 17.6 Å². The van der Waals surface area contributed by atoms with Gasteiger partial charge in [-0.25, -0.2) is 8.78 Å². The summed E-state index contributed by atoms with van der Waals surface area (Å²) in [4.78, 5) is 0. The van der Waals surface area contributed by atoms with E-state index in [0.29, 0.717) is 4.47 Å². The fraction of sp³-hybridized carbons (Fsp3) is 0.538. The second-order valence-electron chi connectivity index (χ2n) is 4.94. The Balaban J connectivity index is 2.11. The molecule has 0 saturated heterocycles. The quantitative estimate of drug-likeness (QED) is 0.827. The first kappa shape index (κ1) is 13.0. The zero-order valence-electron chi connectivity index (χ0n) is 9.82. The molecule has 1 aromatic carbocycles. The highest BCUT2D eigenvalue weighted by atomic mass is 79.9. The Hall–Kier alpha value is -0.480. The van der Waals surface area contributed by atoms with Crippen molar-refractivity contribution in [2.75, 3.05) is 0 Å². The van der Waals surface area contributed by atoms with Crippen molar-refractivity contribution in [2.24, 2.45) is 0 Å². The fourth-order valence-electron chi connectivity index (χ4n) is 2.36. The number of hydrogen-bond acceptors (Lipinski definition) is 1. The molecule has 1 aliphatic carbocycles. The first-order valence-electron chi connectivity index (χ1n) is 5.89. The maximum atomic E-state index is 13.7. The van der Waals surface area contributed by atoms with E-state index in [2.05, 4.69) is 28.2 Å². The Morgan fingerprint density at radius 3 is 2.59 bits per heavy atom. The molecule has 1 saturated carbocycles. The van der Waals surface area contributed by atoms with Crippen LogP contribution >= 0.6 is 15.9 Å². The van der Waals surface area contributed by atoms with Gasteiger partial charge in [-0.3, -0.25) is 0 Å². The molecular weight excluding hydrogens is 288 g/mol. The van der Waals surface area contributed by atoms with Gasteiger partial charge in [-0.05, 0) is 47.8 Å². The first-order valence-corrected chi connectivity index (χ1v) is 6.68. The van der Waals surface area contributed by atoms with E-state index in [4.69, 9.17) is 0 Å². The number of halogens is 3. The lowest BCUT2D eigenvalue weighted by atomic mass is 10.00. The second kappa shape index (κ2) is 5.02. The van der Waals surface area contributed by atoms with Crippen LogP contribution in [0.25, 0.3) is 0 Å². The van der Waals surface area contributed by atoms with Gasteiger partial charge in [0, 0.05) is 17.6 Å². The minimum atomic E-state index is -0.501. The van der Waals surface area contributed by atoms with E-state index >= 15 is 0 Å². The third-order valence-corrected chi connectivity index (χ3v) is 4.15. The predicted octanol–water partition coefficient (Wildman–Crippen LogP) is 4.15. The molecule has 1 fully saturated rings. The molecular formula is C13H16BrF2N.